The molecule has 2 N–H and O–H groups in total. The molecule has 3 aromatic carbocycles. The van der Waals surface area contributed by atoms with Crippen molar-refractivity contribution in [3.05, 3.63) is 89.5 Å². The van der Waals surface area contributed by atoms with Gasteiger partial charge < -0.3 is 15.4 Å². The zero-order valence-electron chi connectivity index (χ0n) is 16.6. The number of rotatable bonds is 7. The summed E-state index contributed by atoms with van der Waals surface area (Å²) in [5.74, 6) is 0.565. The Morgan fingerprint density at radius 2 is 1.52 bits per heavy atom. The normalized spacial score (nSPS) is 10.3. The molecule has 148 valence electrons. The van der Waals surface area contributed by atoms with Crippen molar-refractivity contribution in [1.29, 1.82) is 0 Å². The van der Waals surface area contributed by atoms with Gasteiger partial charge in [0, 0.05) is 30.3 Å². The van der Waals surface area contributed by atoms with E-state index < -0.39 is 0 Å². The second kappa shape index (κ2) is 9.55. The van der Waals surface area contributed by atoms with Gasteiger partial charge in [0.25, 0.3) is 0 Å². The molecule has 0 aliphatic carbocycles. The summed E-state index contributed by atoms with van der Waals surface area (Å²) in [5.41, 5.74) is 4.50. The van der Waals surface area contributed by atoms with Crippen LogP contribution in [0.5, 0.6) is 5.75 Å². The Morgan fingerprint density at radius 1 is 0.828 bits per heavy atom. The number of hydrogen-bond donors (Lipinski definition) is 2. The highest BCUT2D eigenvalue weighted by atomic mass is 16.5. The first-order valence-corrected chi connectivity index (χ1v) is 9.40. The summed E-state index contributed by atoms with van der Waals surface area (Å²) < 4.78 is 5.47. The van der Waals surface area contributed by atoms with Gasteiger partial charge in [0.2, 0.25) is 11.8 Å². The third-order valence-electron chi connectivity index (χ3n) is 4.44. The van der Waals surface area contributed by atoms with Crippen molar-refractivity contribution in [3.8, 4) is 5.75 Å². The molecule has 0 saturated carbocycles. The number of hydrogen-bond acceptors (Lipinski definition) is 3. The van der Waals surface area contributed by atoms with Crippen LogP contribution in [0.1, 0.15) is 23.6 Å². The maximum absolute atomic E-state index is 12.5. The van der Waals surface area contributed by atoms with Crippen molar-refractivity contribution >= 4 is 23.2 Å². The minimum absolute atomic E-state index is 0.104. The molecule has 2 amide bonds. The van der Waals surface area contributed by atoms with Crippen molar-refractivity contribution in [2.45, 2.75) is 19.8 Å². The van der Waals surface area contributed by atoms with Crippen LogP contribution >= 0.6 is 0 Å². The number of carbonyl (C=O) groups excluding carboxylic acids is 2. The van der Waals surface area contributed by atoms with Crippen molar-refractivity contribution in [1.82, 2.24) is 0 Å². The maximum Gasteiger partial charge on any atom is 0.228 e. The van der Waals surface area contributed by atoms with E-state index in [4.69, 9.17) is 4.74 Å². The van der Waals surface area contributed by atoms with Crippen LogP contribution in [0.25, 0.3) is 0 Å². The van der Waals surface area contributed by atoms with Crippen LogP contribution in [-0.2, 0) is 22.4 Å². The average molecular weight is 388 g/mol. The van der Waals surface area contributed by atoms with E-state index in [1.54, 1.807) is 19.2 Å². The van der Waals surface area contributed by atoms with Gasteiger partial charge in [-0.25, -0.2) is 0 Å². The topological polar surface area (TPSA) is 67.4 Å². The second-order valence-electron chi connectivity index (χ2n) is 6.79. The molecule has 0 fully saturated rings. The fraction of sp³-hybridized carbons (Fsp3) is 0.167. The highest BCUT2D eigenvalue weighted by molar-refractivity contribution is 5.92. The summed E-state index contributed by atoms with van der Waals surface area (Å²) >= 11 is 0. The van der Waals surface area contributed by atoms with E-state index in [1.165, 1.54) is 12.5 Å². The summed E-state index contributed by atoms with van der Waals surface area (Å²) in [4.78, 5) is 23.5. The van der Waals surface area contributed by atoms with E-state index in [-0.39, 0.29) is 18.2 Å². The molecule has 3 aromatic rings. The monoisotopic (exact) mass is 388 g/mol. The lowest BCUT2D eigenvalue weighted by atomic mass is 10.0. The molecule has 0 atom stereocenters. The first kappa shape index (κ1) is 20.1. The van der Waals surface area contributed by atoms with E-state index in [1.807, 2.05) is 48.5 Å². The molecule has 0 saturated heterocycles. The highest BCUT2D eigenvalue weighted by Crippen LogP contribution is 2.25. The van der Waals surface area contributed by atoms with Gasteiger partial charge in [0.1, 0.15) is 5.75 Å². The second-order valence-corrected chi connectivity index (χ2v) is 6.79. The first-order chi connectivity index (χ1) is 14.0. The molecule has 0 aliphatic heterocycles. The highest BCUT2D eigenvalue weighted by Gasteiger charge is 2.09. The minimum atomic E-state index is -0.124. The van der Waals surface area contributed by atoms with Crippen molar-refractivity contribution in [2.75, 3.05) is 17.7 Å². The lowest BCUT2D eigenvalue weighted by molar-refractivity contribution is -0.116. The van der Waals surface area contributed by atoms with Crippen molar-refractivity contribution in [2.24, 2.45) is 0 Å². The van der Waals surface area contributed by atoms with E-state index in [9.17, 15) is 9.59 Å². The SMILES string of the molecule is COc1ccc(NC(=O)Cc2ccc(NC(C)=O)cc2)cc1Cc1ccccc1. The molecule has 5 heteroatoms. The Morgan fingerprint density at radius 3 is 2.17 bits per heavy atom. The lowest BCUT2D eigenvalue weighted by Gasteiger charge is -2.12. The number of ether oxygens (including phenoxy) is 1. The van der Waals surface area contributed by atoms with Crippen LogP contribution in [0.2, 0.25) is 0 Å². The molecule has 0 aliphatic rings. The van der Waals surface area contributed by atoms with Crippen LogP contribution in [0, 0.1) is 0 Å². The van der Waals surface area contributed by atoms with E-state index in [0.717, 1.165) is 29.0 Å². The molecule has 5 nitrogen and oxygen atoms in total. The van der Waals surface area contributed by atoms with Crippen molar-refractivity contribution in [3.63, 3.8) is 0 Å². The first-order valence-electron chi connectivity index (χ1n) is 9.40. The van der Waals surface area contributed by atoms with Crippen LogP contribution in [0.3, 0.4) is 0 Å². The van der Waals surface area contributed by atoms with E-state index in [2.05, 4.69) is 22.8 Å². The number of amides is 2. The molecule has 3 rings (SSSR count). The van der Waals surface area contributed by atoms with Gasteiger partial charge >= 0.3 is 0 Å². The third-order valence-corrected chi connectivity index (χ3v) is 4.44. The molecule has 0 heterocycles. The van der Waals surface area contributed by atoms with Gasteiger partial charge in [-0.3, -0.25) is 9.59 Å². The van der Waals surface area contributed by atoms with Gasteiger partial charge in [-0.1, -0.05) is 42.5 Å². The molecular weight excluding hydrogens is 364 g/mol. The number of nitrogens with one attached hydrogen (secondary N) is 2. The quantitative estimate of drug-likeness (QED) is 0.629. The number of carbonyl (C=O) groups is 2. The van der Waals surface area contributed by atoms with Crippen molar-refractivity contribution < 1.29 is 14.3 Å². The Labute approximate surface area is 170 Å². The molecule has 0 spiro atoms. The summed E-state index contributed by atoms with van der Waals surface area (Å²) in [6, 6.07) is 23.0. The van der Waals surface area contributed by atoms with Gasteiger partial charge in [-0.2, -0.15) is 0 Å². The van der Waals surface area contributed by atoms with Gasteiger partial charge in [-0.15, -0.1) is 0 Å². The summed E-state index contributed by atoms with van der Waals surface area (Å²) in [6.45, 7) is 1.46. The fourth-order valence-corrected chi connectivity index (χ4v) is 3.11. The van der Waals surface area contributed by atoms with Crippen LogP contribution in [0.15, 0.2) is 72.8 Å². The molecule has 0 unspecified atom stereocenters. The Balaban J connectivity index is 1.66. The van der Waals surface area contributed by atoms with Gasteiger partial charge in [0.15, 0.2) is 0 Å². The summed E-state index contributed by atoms with van der Waals surface area (Å²) in [5, 5.41) is 5.66. The molecule has 29 heavy (non-hydrogen) atoms. The van der Waals surface area contributed by atoms with E-state index in [0.29, 0.717) is 5.69 Å². The minimum Gasteiger partial charge on any atom is -0.496 e. The Hall–Kier alpha value is -3.60. The summed E-state index contributed by atoms with van der Waals surface area (Å²) in [7, 11) is 1.65. The standard InChI is InChI=1S/C24H24N2O3/c1-17(27)25-21-10-8-19(9-11-21)15-24(28)26-22-12-13-23(29-2)20(16-22)14-18-6-4-3-5-7-18/h3-13,16H,14-15H2,1-2H3,(H,25,27)(H,26,28). The number of methoxy groups -OCH3 is 1. The summed E-state index contributed by atoms with van der Waals surface area (Å²) in [6.07, 6.45) is 0.971. The molecule has 0 radical (unpaired) electrons. The molecule has 0 bridgehead atoms. The molecule has 0 aromatic heterocycles. The largest absolute Gasteiger partial charge is 0.496 e. The van der Waals surface area contributed by atoms with Gasteiger partial charge in [-0.05, 0) is 41.5 Å². The number of anilines is 2. The average Bonchev–Trinajstić information content (AvgIpc) is 2.70. The van der Waals surface area contributed by atoms with Crippen LogP contribution in [-0.4, -0.2) is 18.9 Å². The van der Waals surface area contributed by atoms with E-state index >= 15 is 0 Å². The lowest BCUT2D eigenvalue weighted by Crippen LogP contribution is -2.14. The molecular formula is C24H24N2O3. The fourth-order valence-electron chi connectivity index (χ4n) is 3.11. The third kappa shape index (κ3) is 5.94. The predicted octanol–water partition coefficient (Wildman–Crippen LogP) is 4.43. The zero-order valence-corrected chi connectivity index (χ0v) is 16.6. The van der Waals surface area contributed by atoms with Crippen LogP contribution < -0.4 is 15.4 Å². The number of benzene rings is 3. The Bertz CT molecular complexity index is 983. The zero-order chi connectivity index (χ0) is 20.6. The maximum atomic E-state index is 12.5. The van der Waals surface area contributed by atoms with Crippen LogP contribution in [0.4, 0.5) is 11.4 Å². The smallest absolute Gasteiger partial charge is 0.228 e. The van der Waals surface area contributed by atoms with Gasteiger partial charge in [0.05, 0.1) is 13.5 Å². The predicted molar refractivity (Wildman–Crippen MR) is 115 cm³/mol. The Kier molecular flexibility index (Phi) is 6.63.